The third kappa shape index (κ3) is 2.83. The highest BCUT2D eigenvalue weighted by molar-refractivity contribution is 5.18. The fourth-order valence-electron chi connectivity index (χ4n) is 2.33. The summed E-state index contributed by atoms with van der Waals surface area (Å²) in [5.41, 5.74) is 1.18. The zero-order valence-corrected chi connectivity index (χ0v) is 10.9. The van der Waals surface area contributed by atoms with Gasteiger partial charge in [-0.3, -0.25) is 0 Å². The molecule has 1 fully saturated rings. The first-order valence-corrected chi connectivity index (χ1v) is 6.47. The van der Waals surface area contributed by atoms with Crippen LogP contribution in [-0.2, 0) is 11.2 Å². The van der Waals surface area contributed by atoms with E-state index < -0.39 is 0 Å². The van der Waals surface area contributed by atoms with Crippen LogP contribution in [0.3, 0.4) is 0 Å². The van der Waals surface area contributed by atoms with Crippen LogP contribution in [0.5, 0.6) is 0 Å². The van der Waals surface area contributed by atoms with Crippen LogP contribution in [0.1, 0.15) is 29.7 Å². The van der Waals surface area contributed by atoms with E-state index in [0.29, 0.717) is 12.3 Å². The minimum atomic E-state index is 0.113. The SMILES string of the molecule is COC1CNC(c2nc(Cc3ccccc3)no2)C1. The molecule has 1 aromatic heterocycles. The number of benzene rings is 1. The summed E-state index contributed by atoms with van der Waals surface area (Å²) in [4.78, 5) is 4.46. The summed E-state index contributed by atoms with van der Waals surface area (Å²) in [6.45, 7) is 0.831. The highest BCUT2D eigenvalue weighted by atomic mass is 16.5. The van der Waals surface area contributed by atoms with Crippen LogP contribution >= 0.6 is 0 Å². The van der Waals surface area contributed by atoms with Crippen molar-refractivity contribution in [3.8, 4) is 0 Å². The average Bonchev–Trinajstić information content (AvgIpc) is 3.08. The van der Waals surface area contributed by atoms with Gasteiger partial charge < -0.3 is 14.6 Å². The van der Waals surface area contributed by atoms with Gasteiger partial charge in [0.05, 0.1) is 12.1 Å². The Morgan fingerprint density at radius 3 is 2.95 bits per heavy atom. The second kappa shape index (κ2) is 5.50. The Morgan fingerprint density at radius 2 is 2.21 bits per heavy atom. The molecule has 0 aliphatic carbocycles. The fourth-order valence-corrected chi connectivity index (χ4v) is 2.33. The lowest BCUT2D eigenvalue weighted by molar-refractivity contribution is 0.116. The van der Waals surface area contributed by atoms with Crippen LogP contribution < -0.4 is 5.32 Å². The minimum Gasteiger partial charge on any atom is -0.380 e. The molecule has 0 spiro atoms. The van der Waals surface area contributed by atoms with Gasteiger partial charge in [-0.2, -0.15) is 4.98 Å². The van der Waals surface area contributed by atoms with Crippen LogP contribution in [0, 0.1) is 0 Å². The van der Waals surface area contributed by atoms with Gasteiger partial charge in [-0.25, -0.2) is 0 Å². The summed E-state index contributed by atoms with van der Waals surface area (Å²) < 4.78 is 10.6. The van der Waals surface area contributed by atoms with E-state index in [9.17, 15) is 0 Å². The Morgan fingerprint density at radius 1 is 1.37 bits per heavy atom. The molecule has 0 radical (unpaired) electrons. The first kappa shape index (κ1) is 12.3. The third-order valence-corrected chi connectivity index (χ3v) is 3.41. The van der Waals surface area contributed by atoms with Crippen molar-refractivity contribution >= 4 is 0 Å². The van der Waals surface area contributed by atoms with Crippen LogP contribution in [0.4, 0.5) is 0 Å². The molecule has 1 aliphatic heterocycles. The maximum Gasteiger partial charge on any atom is 0.243 e. The summed E-state index contributed by atoms with van der Waals surface area (Å²) in [5.74, 6) is 1.38. The maximum absolute atomic E-state index is 5.33. The molecule has 1 aliphatic rings. The standard InChI is InChI=1S/C14H17N3O2/c1-18-11-8-12(15-9-11)14-16-13(17-19-14)7-10-5-3-2-4-6-10/h2-6,11-12,15H,7-9H2,1H3. The first-order chi connectivity index (χ1) is 9.35. The smallest absolute Gasteiger partial charge is 0.243 e. The molecule has 2 aromatic rings. The second-order valence-electron chi connectivity index (χ2n) is 4.77. The summed E-state index contributed by atoms with van der Waals surface area (Å²) in [6, 6.07) is 10.3. The van der Waals surface area contributed by atoms with Gasteiger partial charge in [0.2, 0.25) is 5.89 Å². The van der Waals surface area contributed by atoms with Gasteiger partial charge >= 0.3 is 0 Å². The highest BCUT2D eigenvalue weighted by Crippen LogP contribution is 2.23. The number of hydrogen-bond donors (Lipinski definition) is 1. The molecule has 1 N–H and O–H groups in total. The molecule has 1 saturated heterocycles. The lowest BCUT2D eigenvalue weighted by Gasteiger charge is -2.04. The van der Waals surface area contributed by atoms with Crippen molar-refractivity contribution in [3.63, 3.8) is 0 Å². The molecule has 100 valence electrons. The van der Waals surface area contributed by atoms with E-state index in [1.165, 1.54) is 5.56 Å². The van der Waals surface area contributed by atoms with Gasteiger partial charge in [-0.1, -0.05) is 35.5 Å². The summed E-state index contributed by atoms with van der Waals surface area (Å²) in [5, 5.41) is 7.37. The van der Waals surface area contributed by atoms with E-state index in [1.54, 1.807) is 7.11 Å². The van der Waals surface area contributed by atoms with Crippen molar-refractivity contribution in [1.82, 2.24) is 15.5 Å². The van der Waals surface area contributed by atoms with Crippen molar-refractivity contribution < 1.29 is 9.26 Å². The van der Waals surface area contributed by atoms with Crippen molar-refractivity contribution in [3.05, 3.63) is 47.6 Å². The number of rotatable bonds is 4. The summed E-state index contributed by atoms with van der Waals surface area (Å²) >= 11 is 0. The Balaban J connectivity index is 1.67. The van der Waals surface area contributed by atoms with E-state index in [4.69, 9.17) is 9.26 Å². The number of nitrogens with zero attached hydrogens (tertiary/aromatic N) is 2. The number of hydrogen-bond acceptors (Lipinski definition) is 5. The average molecular weight is 259 g/mol. The number of nitrogens with one attached hydrogen (secondary N) is 1. The predicted molar refractivity (Wildman–Crippen MR) is 69.7 cm³/mol. The Labute approximate surface area is 112 Å². The van der Waals surface area contributed by atoms with Crippen molar-refractivity contribution in [2.45, 2.75) is 25.0 Å². The van der Waals surface area contributed by atoms with Crippen LogP contribution in [0.15, 0.2) is 34.9 Å². The van der Waals surface area contributed by atoms with Crippen molar-refractivity contribution in [2.24, 2.45) is 0 Å². The van der Waals surface area contributed by atoms with Gasteiger partial charge in [-0.05, 0) is 12.0 Å². The van der Waals surface area contributed by atoms with Gasteiger partial charge in [0, 0.05) is 20.1 Å². The predicted octanol–water partition coefficient (Wildman–Crippen LogP) is 1.71. The number of aromatic nitrogens is 2. The summed E-state index contributed by atoms with van der Waals surface area (Å²) in [7, 11) is 1.73. The highest BCUT2D eigenvalue weighted by Gasteiger charge is 2.29. The van der Waals surface area contributed by atoms with Gasteiger partial charge in [0.25, 0.3) is 0 Å². The molecule has 19 heavy (non-hydrogen) atoms. The molecule has 3 rings (SSSR count). The number of ether oxygens (including phenoxy) is 1. The monoisotopic (exact) mass is 259 g/mol. The molecule has 2 atom stereocenters. The minimum absolute atomic E-state index is 0.113. The molecule has 0 amide bonds. The van der Waals surface area contributed by atoms with Crippen molar-refractivity contribution in [1.29, 1.82) is 0 Å². The van der Waals surface area contributed by atoms with Gasteiger partial charge in [0.15, 0.2) is 5.82 Å². The molecular formula is C14H17N3O2. The lowest BCUT2D eigenvalue weighted by Crippen LogP contribution is -2.16. The Kier molecular flexibility index (Phi) is 3.57. The van der Waals surface area contributed by atoms with Gasteiger partial charge in [0.1, 0.15) is 0 Å². The zero-order chi connectivity index (χ0) is 13.1. The maximum atomic E-state index is 5.33. The molecule has 2 heterocycles. The van der Waals surface area contributed by atoms with E-state index in [0.717, 1.165) is 18.8 Å². The quantitative estimate of drug-likeness (QED) is 0.905. The Hall–Kier alpha value is -1.72. The lowest BCUT2D eigenvalue weighted by atomic mass is 10.1. The third-order valence-electron chi connectivity index (χ3n) is 3.41. The topological polar surface area (TPSA) is 60.2 Å². The van der Waals surface area contributed by atoms with E-state index >= 15 is 0 Å². The molecule has 5 heteroatoms. The van der Waals surface area contributed by atoms with E-state index in [-0.39, 0.29) is 12.1 Å². The van der Waals surface area contributed by atoms with E-state index in [2.05, 4.69) is 27.6 Å². The number of methoxy groups -OCH3 is 1. The molecule has 5 nitrogen and oxygen atoms in total. The van der Waals surface area contributed by atoms with Gasteiger partial charge in [-0.15, -0.1) is 0 Å². The Bertz CT molecular complexity index is 526. The van der Waals surface area contributed by atoms with E-state index in [1.807, 2.05) is 18.2 Å². The molecular weight excluding hydrogens is 242 g/mol. The second-order valence-corrected chi connectivity index (χ2v) is 4.77. The van der Waals surface area contributed by atoms with Crippen molar-refractivity contribution in [2.75, 3.05) is 13.7 Å². The van der Waals surface area contributed by atoms with Crippen LogP contribution in [-0.4, -0.2) is 29.9 Å². The van der Waals surface area contributed by atoms with Crippen LogP contribution in [0.2, 0.25) is 0 Å². The van der Waals surface area contributed by atoms with Crippen LogP contribution in [0.25, 0.3) is 0 Å². The molecule has 2 unspecified atom stereocenters. The fraction of sp³-hybridized carbons (Fsp3) is 0.429. The normalized spacial score (nSPS) is 22.8. The molecule has 0 bridgehead atoms. The largest absolute Gasteiger partial charge is 0.380 e. The summed E-state index contributed by atoms with van der Waals surface area (Å²) in [6.07, 6.45) is 1.81. The zero-order valence-electron chi connectivity index (χ0n) is 10.9. The molecule has 1 aromatic carbocycles. The first-order valence-electron chi connectivity index (χ1n) is 6.47. The molecule has 0 saturated carbocycles.